The normalized spacial score (nSPS) is 33.5. The fraction of sp³-hybridized carbons (Fsp3) is 0.867. The molecule has 0 bridgehead atoms. The van der Waals surface area contributed by atoms with E-state index in [1.54, 1.807) is 0 Å². The molecular weight excluding hydrogens is 338 g/mol. The molecule has 1 aliphatic heterocycles. The van der Waals surface area contributed by atoms with Gasteiger partial charge >= 0.3 is 0 Å². The van der Waals surface area contributed by atoms with Gasteiger partial charge in [-0.05, 0) is 6.42 Å². The van der Waals surface area contributed by atoms with Gasteiger partial charge in [0.1, 0.15) is 30.5 Å². The first-order chi connectivity index (χ1) is 11.7. The van der Waals surface area contributed by atoms with E-state index in [1.165, 1.54) is 0 Å². The van der Waals surface area contributed by atoms with Gasteiger partial charge in [-0.3, -0.25) is 4.79 Å². The minimum atomic E-state index is -1.77. The van der Waals surface area contributed by atoms with Crippen LogP contribution in [0.4, 0.5) is 0 Å². The number of nitrogens with one attached hydrogen (secondary N) is 1. The molecule has 10 heteroatoms. The van der Waals surface area contributed by atoms with E-state index >= 15 is 0 Å². The van der Waals surface area contributed by atoms with Crippen LogP contribution in [0.25, 0.3) is 0 Å². The zero-order valence-electron chi connectivity index (χ0n) is 13.9. The number of carbonyl (C=O) groups is 1. The van der Waals surface area contributed by atoms with Crippen molar-refractivity contribution in [3.63, 3.8) is 0 Å². The van der Waals surface area contributed by atoms with E-state index in [4.69, 9.17) is 26.6 Å². The fourth-order valence-corrected chi connectivity index (χ4v) is 2.42. The molecule has 0 aliphatic carbocycles. The van der Waals surface area contributed by atoms with Crippen molar-refractivity contribution in [1.82, 2.24) is 5.32 Å². The lowest BCUT2D eigenvalue weighted by molar-refractivity contribution is -0.302. The van der Waals surface area contributed by atoms with Crippen LogP contribution in [-0.2, 0) is 14.3 Å². The molecule has 1 saturated heterocycles. The average Bonchev–Trinajstić information content (AvgIpc) is 2.57. The summed E-state index contributed by atoms with van der Waals surface area (Å²) in [5.74, 6) is -0.919. The maximum atomic E-state index is 11.5. The molecular formula is C15H27NO9. The maximum absolute atomic E-state index is 11.5. The Labute approximate surface area is 146 Å². The van der Waals surface area contributed by atoms with E-state index in [1.807, 2.05) is 6.92 Å². The summed E-state index contributed by atoms with van der Waals surface area (Å²) in [6, 6.07) is -0.960. The number of aliphatic hydroxyl groups excluding tert-OH is 6. The molecule has 1 heterocycles. The molecule has 146 valence electrons. The number of rotatable bonds is 9. The summed E-state index contributed by atoms with van der Waals surface area (Å²) in [7, 11) is 0. The van der Waals surface area contributed by atoms with Gasteiger partial charge in [0, 0.05) is 6.92 Å². The topological polar surface area (TPSA) is 169 Å². The number of hydrogen-bond acceptors (Lipinski definition) is 9. The van der Waals surface area contributed by atoms with Crippen LogP contribution in [0.2, 0.25) is 0 Å². The van der Waals surface area contributed by atoms with Crippen LogP contribution in [0.5, 0.6) is 0 Å². The molecule has 1 rings (SSSR count). The minimum absolute atomic E-state index is 0.323. The van der Waals surface area contributed by atoms with Gasteiger partial charge < -0.3 is 45.4 Å². The number of carbonyl (C=O) groups excluding carboxylic acids is 1. The Morgan fingerprint density at radius 3 is 2.40 bits per heavy atom. The highest BCUT2D eigenvalue weighted by atomic mass is 16.7. The first-order valence-electron chi connectivity index (χ1n) is 8.07. The Kier molecular flexibility index (Phi) is 9.17. The molecule has 0 aromatic carbocycles. The summed E-state index contributed by atoms with van der Waals surface area (Å²) in [6.45, 7) is 5.94. The van der Waals surface area contributed by atoms with Crippen LogP contribution in [0.3, 0.4) is 0 Å². The van der Waals surface area contributed by atoms with Crippen molar-refractivity contribution in [2.75, 3.05) is 13.2 Å². The Hall–Kier alpha value is -0.850. The van der Waals surface area contributed by atoms with Gasteiger partial charge in [-0.25, -0.2) is 0 Å². The average molecular weight is 365 g/mol. The smallest absolute Gasteiger partial charge is 0.249 e. The Balaban J connectivity index is 2.71. The van der Waals surface area contributed by atoms with Crippen LogP contribution in [0.15, 0.2) is 0 Å². The van der Waals surface area contributed by atoms with Crippen molar-refractivity contribution in [3.8, 4) is 0 Å². The Morgan fingerprint density at radius 1 is 1.24 bits per heavy atom. The number of ether oxygens (including phenoxy) is 2. The number of aliphatic hydroxyl groups is 6. The summed E-state index contributed by atoms with van der Waals surface area (Å²) < 4.78 is 10.5. The molecule has 2 radical (unpaired) electrons. The second-order valence-electron chi connectivity index (χ2n) is 5.95. The van der Waals surface area contributed by atoms with Gasteiger partial charge in [0.25, 0.3) is 0 Å². The monoisotopic (exact) mass is 365 g/mol. The Morgan fingerprint density at radius 2 is 1.88 bits per heavy atom. The highest BCUT2D eigenvalue weighted by Crippen LogP contribution is 2.22. The molecule has 1 fully saturated rings. The first-order valence-corrected chi connectivity index (χ1v) is 8.07. The van der Waals surface area contributed by atoms with Gasteiger partial charge in [-0.2, -0.15) is 0 Å². The molecule has 0 aromatic heterocycles. The SMILES string of the molecule is [CH]C(O)C(=O)NC(CO[C@@H]1OC(CO)[C@H](O)C(O)C1O)C(O)CCC. The van der Waals surface area contributed by atoms with Gasteiger partial charge in [-0.1, -0.05) is 13.3 Å². The molecule has 1 amide bonds. The van der Waals surface area contributed by atoms with Gasteiger partial charge in [0.05, 0.1) is 25.4 Å². The van der Waals surface area contributed by atoms with Crippen LogP contribution in [0.1, 0.15) is 19.8 Å². The van der Waals surface area contributed by atoms with Crippen LogP contribution in [-0.4, -0.2) is 98.7 Å². The lowest BCUT2D eigenvalue weighted by Gasteiger charge is -2.40. The van der Waals surface area contributed by atoms with Gasteiger partial charge in [0.15, 0.2) is 6.29 Å². The molecule has 8 atom stereocenters. The third-order valence-electron chi connectivity index (χ3n) is 3.93. The van der Waals surface area contributed by atoms with Crippen LogP contribution >= 0.6 is 0 Å². The minimum Gasteiger partial charge on any atom is -0.394 e. The van der Waals surface area contributed by atoms with Crippen molar-refractivity contribution in [2.45, 2.75) is 68.7 Å². The third-order valence-corrected chi connectivity index (χ3v) is 3.93. The second kappa shape index (κ2) is 10.3. The molecule has 6 unspecified atom stereocenters. The molecule has 0 spiro atoms. The lowest BCUT2D eigenvalue weighted by atomic mass is 9.99. The summed E-state index contributed by atoms with van der Waals surface area (Å²) in [4.78, 5) is 11.5. The summed E-state index contributed by atoms with van der Waals surface area (Å²) in [5, 5.41) is 59.9. The van der Waals surface area contributed by atoms with Crippen LogP contribution in [0, 0.1) is 6.92 Å². The van der Waals surface area contributed by atoms with Crippen molar-refractivity contribution in [2.24, 2.45) is 0 Å². The lowest BCUT2D eigenvalue weighted by Crippen LogP contribution is -2.60. The van der Waals surface area contributed by atoms with Gasteiger partial charge in [-0.15, -0.1) is 0 Å². The van der Waals surface area contributed by atoms with Crippen molar-refractivity contribution in [3.05, 3.63) is 6.92 Å². The molecule has 25 heavy (non-hydrogen) atoms. The highest BCUT2D eigenvalue weighted by Gasteiger charge is 2.44. The molecule has 0 saturated carbocycles. The predicted molar refractivity (Wildman–Crippen MR) is 82.9 cm³/mol. The third kappa shape index (κ3) is 6.12. The zero-order valence-corrected chi connectivity index (χ0v) is 13.9. The quantitative estimate of drug-likeness (QED) is 0.219. The van der Waals surface area contributed by atoms with Crippen molar-refractivity contribution < 1.29 is 44.9 Å². The summed E-state index contributed by atoms with van der Waals surface area (Å²) in [6.07, 6.45) is -9.11. The molecule has 1 aliphatic rings. The van der Waals surface area contributed by atoms with E-state index < -0.39 is 61.5 Å². The predicted octanol–water partition coefficient (Wildman–Crippen LogP) is -3.48. The van der Waals surface area contributed by atoms with Gasteiger partial charge in [0.2, 0.25) is 5.91 Å². The van der Waals surface area contributed by atoms with E-state index in [0.29, 0.717) is 12.8 Å². The summed E-state index contributed by atoms with van der Waals surface area (Å²) in [5.41, 5.74) is 0. The van der Waals surface area contributed by atoms with E-state index in [0.717, 1.165) is 0 Å². The van der Waals surface area contributed by atoms with E-state index in [9.17, 15) is 25.2 Å². The maximum Gasteiger partial charge on any atom is 0.249 e. The van der Waals surface area contributed by atoms with E-state index in [2.05, 4.69) is 5.32 Å². The Bertz CT molecular complexity index is 406. The molecule has 10 nitrogen and oxygen atoms in total. The summed E-state index contributed by atoms with van der Waals surface area (Å²) >= 11 is 0. The molecule has 0 aromatic rings. The first kappa shape index (κ1) is 22.2. The zero-order chi connectivity index (χ0) is 19.1. The fourth-order valence-electron chi connectivity index (χ4n) is 2.42. The molecule has 7 N–H and O–H groups in total. The largest absolute Gasteiger partial charge is 0.394 e. The highest BCUT2D eigenvalue weighted by molar-refractivity contribution is 5.81. The van der Waals surface area contributed by atoms with E-state index in [-0.39, 0.29) is 6.61 Å². The van der Waals surface area contributed by atoms with Crippen molar-refractivity contribution >= 4 is 5.91 Å². The standard InChI is InChI=1S/C15H27NO9/c1-3-4-9(19)8(16-14(23)7(2)18)6-24-15-13(22)12(21)11(20)10(5-17)25-15/h2,7-13,15,17-22H,3-6H2,1H3,(H,16,23)/t7?,8?,9?,10?,11-,12?,13?,15+/m0/s1. The number of amides is 1. The van der Waals surface area contributed by atoms with Crippen LogP contribution < -0.4 is 5.32 Å². The number of hydrogen-bond donors (Lipinski definition) is 7. The van der Waals surface area contributed by atoms with Crippen molar-refractivity contribution in [1.29, 1.82) is 0 Å². The second-order valence-corrected chi connectivity index (χ2v) is 5.95.